The number of carboxylic acid groups (broad SMARTS) is 1. The van der Waals surface area contributed by atoms with Gasteiger partial charge in [0.25, 0.3) is 0 Å². The van der Waals surface area contributed by atoms with Crippen molar-refractivity contribution in [2.75, 3.05) is 11.9 Å². The average molecular weight is 270 g/mol. The second-order valence-electron chi connectivity index (χ2n) is 3.40. The number of aromatic carboxylic acids is 1. The third kappa shape index (κ3) is 1.52. The van der Waals surface area contributed by atoms with Crippen molar-refractivity contribution in [3.05, 3.63) is 27.7 Å². The monoisotopic (exact) mass is 269 g/mol. The van der Waals surface area contributed by atoms with Gasteiger partial charge in [0.15, 0.2) is 0 Å². The van der Waals surface area contributed by atoms with E-state index in [4.69, 9.17) is 5.11 Å². The van der Waals surface area contributed by atoms with Crippen LogP contribution in [0.15, 0.2) is 16.6 Å². The summed E-state index contributed by atoms with van der Waals surface area (Å²) in [7, 11) is 1.68. The number of anilines is 1. The summed E-state index contributed by atoms with van der Waals surface area (Å²) >= 11 is 3.28. The maximum Gasteiger partial charge on any atom is 0.335 e. The summed E-state index contributed by atoms with van der Waals surface area (Å²) in [6.45, 7) is 0. The molecular weight excluding hydrogens is 262 g/mol. The number of halogens is 1. The number of carbonyl (C=O) groups excluding carboxylic acids is 1. The first kappa shape index (κ1) is 10.2. The van der Waals surface area contributed by atoms with Gasteiger partial charge in [-0.2, -0.15) is 0 Å². The van der Waals surface area contributed by atoms with Crippen molar-refractivity contribution in [1.29, 1.82) is 0 Å². The van der Waals surface area contributed by atoms with Crippen LogP contribution in [0.5, 0.6) is 0 Å². The van der Waals surface area contributed by atoms with Gasteiger partial charge in [0.2, 0.25) is 5.91 Å². The second-order valence-corrected chi connectivity index (χ2v) is 4.25. The van der Waals surface area contributed by atoms with Crippen LogP contribution >= 0.6 is 15.9 Å². The van der Waals surface area contributed by atoms with Crippen LogP contribution in [0.3, 0.4) is 0 Å². The molecule has 0 aromatic heterocycles. The molecule has 0 spiro atoms. The SMILES string of the molecule is CN1C(=O)Cc2cc(C(=O)O)cc(Br)c21. The van der Waals surface area contributed by atoms with Crippen molar-refractivity contribution in [2.24, 2.45) is 0 Å². The summed E-state index contributed by atoms with van der Waals surface area (Å²) in [5.74, 6) is -1.01. The maximum atomic E-state index is 11.4. The lowest BCUT2D eigenvalue weighted by Gasteiger charge is -2.12. The minimum Gasteiger partial charge on any atom is -0.478 e. The van der Waals surface area contributed by atoms with Crippen LogP contribution in [0.1, 0.15) is 15.9 Å². The largest absolute Gasteiger partial charge is 0.478 e. The maximum absolute atomic E-state index is 11.4. The number of benzene rings is 1. The van der Waals surface area contributed by atoms with Gasteiger partial charge < -0.3 is 10.0 Å². The summed E-state index contributed by atoms with van der Waals surface area (Å²) in [6.07, 6.45) is 0.269. The second kappa shape index (κ2) is 3.34. The van der Waals surface area contributed by atoms with Crippen molar-refractivity contribution >= 4 is 33.5 Å². The molecule has 1 heterocycles. The van der Waals surface area contributed by atoms with E-state index in [2.05, 4.69) is 15.9 Å². The summed E-state index contributed by atoms with van der Waals surface area (Å²) in [5.41, 5.74) is 1.73. The van der Waals surface area contributed by atoms with Crippen molar-refractivity contribution in [2.45, 2.75) is 6.42 Å². The van der Waals surface area contributed by atoms with Gasteiger partial charge in [0.05, 0.1) is 17.7 Å². The number of amides is 1. The predicted molar refractivity (Wildman–Crippen MR) is 58.2 cm³/mol. The standard InChI is InChI=1S/C10H8BrNO3/c1-12-8(13)4-5-2-6(10(14)15)3-7(11)9(5)12/h2-3H,4H2,1H3,(H,14,15). The van der Waals surface area contributed by atoms with E-state index < -0.39 is 5.97 Å². The van der Waals surface area contributed by atoms with E-state index in [-0.39, 0.29) is 17.9 Å². The Morgan fingerprint density at radius 1 is 1.53 bits per heavy atom. The Kier molecular flexibility index (Phi) is 2.26. The first-order valence-electron chi connectivity index (χ1n) is 4.33. The van der Waals surface area contributed by atoms with Gasteiger partial charge in [-0.1, -0.05) is 0 Å². The molecule has 2 rings (SSSR count). The number of fused-ring (bicyclic) bond motifs is 1. The summed E-state index contributed by atoms with van der Waals surface area (Å²) in [5, 5.41) is 8.85. The highest BCUT2D eigenvalue weighted by atomic mass is 79.9. The quantitative estimate of drug-likeness (QED) is 0.844. The third-order valence-corrected chi connectivity index (χ3v) is 3.04. The molecule has 1 aromatic carbocycles. The van der Waals surface area contributed by atoms with Gasteiger partial charge >= 0.3 is 5.97 Å². The molecule has 0 aliphatic carbocycles. The summed E-state index contributed by atoms with van der Waals surface area (Å²) in [4.78, 5) is 23.8. The topological polar surface area (TPSA) is 57.6 Å². The molecule has 0 atom stereocenters. The molecule has 4 nitrogen and oxygen atoms in total. The van der Waals surface area contributed by atoms with Crippen LogP contribution in [0, 0.1) is 0 Å². The molecule has 0 unspecified atom stereocenters. The fourth-order valence-electron chi connectivity index (χ4n) is 1.70. The molecule has 0 saturated carbocycles. The molecule has 0 fully saturated rings. The fraction of sp³-hybridized carbons (Fsp3) is 0.200. The van der Waals surface area contributed by atoms with Crippen LogP contribution in [0.4, 0.5) is 5.69 Å². The van der Waals surface area contributed by atoms with Gasteiger partial charge in [-0.3, -0.25) is 4.79 Å². The fourth-order valence-corrected chi connectivity index (χ4v) is 2.46. The lowest BCUT2D eigenvalue weighted by atomic mass is 10.1. The molecule has 1 aliphatic rings. The number of rotatable bonds is 1. The van der Waals surface area contributed by atoms with E-state index >= 15 is 0 Å². The van der Waals surface area contributed by atoms with E-state index in [1.165, 1.54) is 11.0 Å². The Labute approximate surface area is 94.6 Å². The van der Waals surface area contributed by atoms with E-state index in [9.17, 15) is 9.59 Å². The zero-order chi connectivity index (χ0) is 11.2. The van der Waals surface area contributed by atoms with Crippen molar-refractivity contribution in [3.63, 3.8) is 0 Å². The molecule has 1 aliphatic heterocycles. The number of hydrogen-bond donors (Lipinski definition) is 1. The Morgan fingerprint density at radius 3 is 2.80 bits per heavy atom. The molecule has 1 amide bonds. The molecule has 1 N–H and O–H groups in total. The number of hydrogen-bond acceptors (Lipinski definition) is 2. The van der Waals surface area contributed by atoms with Crippen LogP contribution in [0.25, 0.3) is 0 Å². The molecule has 0 radical (unpaired) electrons. The summed E-state index contributed by atoms with van der Waals surface area (Å²) in [6, 6.07) is 3.06. The minimum absolute atomic E-state index is 0.0201. The number of carbonyl (C=O) groups is 2. The van der Waals surface area contributed by atoms with Gasteiger partial charge in [-0.25, -0.2) is 4.79 Å². The zero-order valence-corrected chi connectivity index (χ0v) is 9.54. The van der Waals surface area contributed by atoms with E-state index in [1.807, 2.05) is 0 Å². The third-order valence-electron chi connectivity index (χ3n) is 2.44. The lowest BCUT2D eigenvalue weighted by Crippen LogP contribution is -2.20. The Balaban J connectivity index is 2.60. The van der Waals surface area contributed by atoms with E-state index in [0.29, 0.717) is 4.47 Å². The van der Waals surface area contributed by atoms with Crippen LogP contribution in [-0.4, -0.2) is 24.0 Å². The van der Waals surface area contributed by atoms with Crippen LogP contribution in [0.2, 0.25) is 0 Å². The van der Waals surface area contributed by atoms with Gasteiger partial charge in [-0.05, 0) is 33.6 Å². The van der Waals surface area contributed by atoms with Crippen LogP contribution in [-0.2, 0) is 11.2 Å². The highest BCUT2D eigenvalue weighted by Gasteiger charge is 2.27. The molecule has 5 heteroatoms. The van der Waals surface area contributed by atoms with Crippen molar-refractivity contribution in [3.8, 4) is 0 Å². The smallest absolute Gasteiger partial charge is 0.335 e. The molecule has 0 bridgehead atoms. The Morgan fingerprint density at radius 2 is 2.20 bits per heavy atom. The van der Waals surface area contributed by atoms with E-state index in [1.54, 1.807) is 13.1 Å². The minimum atomic E-state index is -0.986. The molecular formula is C10H8BrNO3. The molecule has 0 saturated heterocycles. The van der Waals surface area contributed by atoms with E-state index in [0.717, 1.165) is 11.3 Å². The Bertz CT molecular complexity index is 470. The van der Waals surface area contributed by atoms with Crippen molar-refractivity contribution in [1.82, 2.24) is 0 Å². The number of nitrogens with zero attached hydrogens (tertiary/aromatic N) is 1. The molecule has 78 valence electrons. The highest BCUT2D eigenvalue weighted by Crippen LogP contribution is 2.36. The first-order valence-corrected chi connectivity index (χ1v) is 5.12. The first-order chi connectivity index (χ1) is 7.00. The zero-order valence-electron chi connectivity index (χ0n) is 7.95. The van der Waals surface area contributed by atoms with Crippen LogP contribution < -0.4 is 4.90 Å². The highest BCUT2D eigenvalue weighted by molar-refractivity contribution is 9.10. The van der Waals surface area contributed by atoms with Gasteiger partial charge in [-0.15, -0.1) is 0 Å². The molecule has 1 aromatic rings. The van der Waals surface area contributed by atoms with Gasteiger partial charge in [0, 0.05) is 11.5 Å². The van der Waals surface area contributed by atoms with Gasteiger partial charge in [0.1, 0.15) is 0 Å². The Hall–Kier alpha value is -1.36. The summed E-state index contributed by atoms with van der Waals surface area (Å²) < 4.78 is 0.644. The average Bonchev–Trinajstić information content (AvgIpc) is 2.42. The lowest BCUT2D eigenvalue weighted by molar-refractivity contribution is -0.117. The normalized spacial score (nSPS) is 14.3. The predicted octanol–water partition coefficient (Wildman–Crippen LogP) is 1.67. The van der Waals surface area contributed by atoms with Crippen molar-refractivity contribution < 1.29 is 14.7 Å². The molecule has 15 heavy (non-hydrogen) atoms. The number of likely N-dealkylation sites (N-methyl/N-ethyl adjacent to an activating group) is 1. The number of carboxylic acids is 1.